The molecule has 0 saturated carbocycles. The number of likely N-dealkylation sites (N-methyl/N-ethyl adjacent to an activating group) is 1. The summed E-state index contributed by atoms with van der Waals surface area (Å²) in [5, 5.41) is 27.1. The molecule has 1 saturated heterocycles. The number of benzene rings is 1. The van der Waals surface area contributed by atoms with Gasteiger partial charge in [0, 0.05) is 97.3 Å². The summed E-state index contributed by atoms with van der Waals surface area (Å²) in [5.74, 6) is 0.154. The lowest BCUT2D eigenvalue weighted by atomic mass is 9.74. The zero-order valence-corrected chi connectivity index (χ0v) is 37.0. The highest BCUT2D eigenvalue weighted by atomic mass is 79.9. The van der Waals surface area contributed by atoms with Crippen LogP contribution in [0.5, 0.6) is 0 Å². The third kappa shape index (κ3) is 12.1. The maximum absolute atomic E-state index is 13.3. The molecule has 0 radical (unpaired) electrons. The second-order valence-electron chi connectivity index (χ2n) is 13.7. The fourth-order valence-corrected chi connectivity index (χ4v) is 7.10. The number of aliphatic hydroxyl groups is 1. The second-order valence-corrected chi connectivity index (χ2v) is 15.5. The molecule has 5 aromatic heterocycles. The maximum Gasteiger partial charge on any atom is 0.490 e. The topological polar surface area (TPSA) is 182 Å². The van der Waals surface area contributed by atoms with Gasteiger partial charge in [0.1, 0.15) is 0 Å². The van der Waals surface area contributed by atoms with E-state index < -0.39 is 12.5 Å². The number of amides is 1. The van der Waals surface area contributed by atoms with Gasteiger partial charge < -0.3 is 39.0 Å². The molecular formula is C43H47BBr2N6O8. The van der Waals surface area contributed by atoms with E-state index >= 15 is 0 Å². The number of pyridine rings is 5. The first-order chi connectivity index (χ1) is 29.0. The number of hydrogen-bond donors (Lipinski definition) is 3. The molecule has 0 atom stereocenters. The summed E-state index contributed by atoms with van der Waals surface area (Å²) in [4.78, 5) is 36.1. The van der Waals surface area contributed by atoms with Gasteiger partial charge in [-0.15, -0.1) is 0 Å². The smallest absolute Gasteiger partial charge is 0.423 e. The van der Waals surface area contributed by atoms with Gasteiger partial charge in [0.2, 0.25) is 5.91 Å². The van der Waals surface area contributed by atoms with Crippen LogP contribution in [0.4, 0.5) is 5.69 Å². The van der Waals surface area contributed by atoms with E-state index in [2.05, 4.69) is 75.0 Å². The van der Waals surface area contributed by atoms with Crippen molar-refractivity contribution in [2.45, 2.75) is 44.7 Å². The number of rotatable bonds is 9. The number of fused-ring (bicyclic) bond motifs is 4. The summed E-state index contributed by atoms with van der Waals surface area (Å²) in [7, 11) is 5.30. The van der Waals surface area contributed by atoms with Crippen LogP contribution in [0.3, 0.4) is 0 Å². The van der Waals surface area contributed by atoms with E-state index in [0.29, 0.717) is 57.0 Å². The van der Waals surface area contributed by atoms with Crippen LogP contribution < -0.4 is 10.4 Å². The Balaban J connectivity index is 0.000000180. The SMILES string of the molecule is COCc1ccc(-c2ccc3ncc4c(c3c2)C2(CCOCC2)C(=O)N4C)cn1.COCc1ccc(B(O)O)cn1.COCc1ccc(Br)cn1.OCc1ccc(Br)cn1. The molecule has 1 aromatic carbocycles. The number of ether oxygens (including phenoxy) is 4. The zero-order valence-electron chi connectivity index (χ0n) is 33.8. The molecule has 6 aromatic rings. The van der Waals surface area contributed by atoms with Crippen molar-refractivity contribution < 1.29 is 38.9 Å². The minimum atomic E-state index is -1.45. The highest BCUT2D eigenvalue weighted by Gasteiger charge is 2.51. The average Bonchev–Trinajstić information content (AvgIpc) is 3.47. The van der Waals surface area contributed by atoms with Gasteiger partial charge in [-0.2, -0.15) is 0 Å². The van der Waals surface area contributed by atoms with Crippen molar-refractivity contribution in [1.29, 1.82) is 0 Å². The van der Waals surface area contributed by atoms with Crippen LogP contribution in [0, 0.1) is 0 Å². The highest BCUT2D eigenvalue weighted by molar-refractivity contribution is 9.10. The fraction of sp³-hybridized carbons (Fsp3) is 0.302. The van der Waals surface area contributed by atoms with Crippen molar-refractivity contribution in [1.82, 2.24) is 24.9 Å². The van der Waals surface area contributed by atoms with E-state index in [1.54, 1.807) is 56.8 Å². The second kappa shape index (κ2) is 22.9. The number of methoxy groups -OCH3 is 3. The van der Waals surface area contributed by atoms with E-state index in [9.17, 15) is 4.79 Å². The van der Waals surface area contributed by atoms with Crippen LogP contribution >= 0.6 is 31.9 Å². The minimum absolute atomic E-state index is 0.00722. The van der Waals surface area contributed by atoms with Crippen molar-refractivity contribution in [3.8, 4) is 11.1 Å². The summed E-state index contributed by atoms with van der Waals surface area (Å²) in [5.41, 5.74) is 8.19. The van der Waals surface area contributed by atoms with Crippen LogP contribution in [-0.4, -0.2) is 94.7 Å². The number of carbonyl (C=O) groups excluding carboxylic acids is 1. The van der Waals surface area contributed by atoms with Gasteiger partial charge in [-0.1, -0.05) is 18.2 Å². The Kier molecular flexibility index (Phi) is 17.7. The number of aliphatic hydroxyl groups excluding tert-OH is 1. The Labute approximate surface area is 366 Å². The van der Waals surface area contributed by atoms with Crippen LogP contribution in [-0.2, 0) is 55.6 Å². The summed E-state index contributed by atoms with van der Waals surface area (Å²) in [6.07, 6.45) is 9.95. The molecule has 8 rings (SSSR count). The first-order valence-corrected chi connectivity index (χ1v) is 20.5. The molecule has 2 aliphatic rings. The van der Waals surface area contributed by atoms with Crippen LogP contribution in [0.25, 0.3) is 22.0 Å². The summed E-state index contributed by atoms with van der Waals surface area (Å²) in [6, 6.07) is 21.1. The van der Waals surface area contributed by atoms with E-state index in [1.807, 2.05) is 49.8 Å². The Bertz CT molecular complexity index is 2270. The normalized spacial score (nSPS) is 13.7. The molecule has 1 spiro atoms. The summed E-state index contributed by atoms with van der Waals surface area (Å²) in [6.45, 7) is 2.72. The molecule has 2 aliphatic heterocycles. The molecule has 3 N–H and O–H groups in total. The molecule has 0 aliphatic carbocycles. The summed E-state index contributed by atoms with van der Waals surface area (Å²) < 4.78 is 22.4. The summed E-state index contributed by atoms with van der Waals surface area (Å²) >= 11 is 6.52. The van der Waals surface area contributed by atoms with Crippen molar-refractivity contribution in [3.05, 3.63) is 135 Å². The largest absolute Gasteiger partial charge is 0.490 e. The van der Waals surface area contributed by atoms with E-state index in [4.69, 9.17) is 34.1 Å². The molecule has 14 nitrogen and oxygen atoms in total. The monoisotopic (exact) mass is 944 g/mol. The fourth-order valence-electron chi connectivity index (χ4n) is 6.63. The number of carbonyl (C=O) groups is 1. The Hall–Kier alpha value is -4.56. The van der Waals surface area contributed by atoms with E-state index in [0.717, 1.165) is 59.3 Å². The quantitative estimate of drug-likeness (QED) is 0.150. The van der Waals surface area contributed by atoms with Crippen LogP contribution in [0.15, 0.2) is 107 Å². The molecule has 1 fully saturated rings. The van der Waals surface area contributed by atoms with Gasteiger partial charge in [-0.3, -0.25) is 29.7 Å². The molecule has 17 heteroatoms. The van der Waals surface area contributed by atoms with Gasteiger partial charge in [0.25, 0.3) is 0 Å². The van der Waals surface area contributed by atoms with Gasteiger partial charge in [0.05, 0.1) is 72.0 Å². The predicted molar refractivity (Wildman–Crippen MR) is 236 cm³/mol. The molecule has 7 heterocycles. The lowest BCUT2D eigenvalue weighted by molar-refractivity contribution is -0.126. The highest BCUT2D eigenvalue weighted by Crippen LogP contribution is 2.50. The standard InChI is InChI=1S/C23H23N3O3.C7H10BNO3.C7H8BrNO.C6H6BrNO/c1-26-20-13-25-19-6-4-15(16-3-5-17(14-28-2)24-12-16)11-18(19)21(20)23(22(26)27)7-9-29-10-8-23;1-12-5-7-3-2-6(4-9-7)8(10)11;1-10-5-7-3-2-6(8)4-9-7;7-5-1-2-6(4-9)8-3-5/h3-6,11-13H,7-10,14H2,1-2H3;2-4,10-11H,5H2,1H3;2-4H,5H2,1H3;1-3,9H,4H2. The molecular weight excluding hydrogens is 899 g/mol. The lowest BCUT2D eigenvalue weighted by Gasteiger charge is -2.32. The van der Waals surface area contributed by atoms with Crippen LogP contribution in [0.1, 0.15) is 41.2 Å². The number of aromatic nitrogens is 5. The molecule has 314 valence electrons. The van der Waals surface area contributed by atoms with E-state index in [-0.39, 0.29) is 12.5 Å². The molecule has 0 bridgehead atoms. The number of anilines is 1. The number of nitrogens with zero attached hydrogens (tertiary/aromatic N) is 6. The number of hydrogen-bond acceptors (Lipinski definition) is 13. The Morgan fingerprint density at radius 2 is 1.23 bits per heavy atom. The molecule has 1 amide bonds. The van der Waals surface area contributed by atoms with Crippen molar-refractivity contribution in [3.63, 3.8) is 0 Å². The van der Waals surface area contributed by atoms with E-state index in [1.165, 1.54) is 6.20 Å². The Morgan fingerprint density at radius 3 is 1.72 bits per heavy atom. The maximum atomic E-state index is 13.3. The van der Waals surface area contributed by atoms with Crippen LogP contribution in [0.2, 0.25) is 0 Å². The number of halogens is 2. The van der Waals surface area contributed by atoms with Gasteiger partial charge >= 0.3 is 7.12 Å². The average molecular weight is 947 g/mol. The van der Waals surface area contributed by atoms with Crippen molar-refractivity contribution in [2.24, 2.45) is 0 Å². The predicted octanol–water partition coefficient (Wildman–Crippen LogP) is 5.70. The van der Waals surface area contributed by atoms with Crippen molar-refractivity contribution >= 4 is 66.9 Å². The first kappa shape index (κ1) is 46.5. The minimum Gasteiger partial charge on any atom is -0.423 e. The Morgan fingerprint density at radius 1 is 0.700 bits per heavy atom. The van der Waals surface area contributed by atoms with Gasteiger partial charge in [-0.25, -0.2) is 0 Å². The van der Waals surface area contributed by atoms with Gasteiger partial charge in [-0.05, 0) is 98.8 Å². The third-order valence-corrected chi connectivity index (χ3v) is 10.6. The zero-order chi connectivity index (χ0) is 43.1. The third-order valence-electron chi connectivity index (χ3n) is 9.67. The molecule has 0 unspecified atom stereocenters. The molecule has 60 heavy (non-hydrogen) atoms. The first-order valence-electron chi connectivity index (χ1n) is 18.9. The van der Waals surface area contributed by atoms with Gasteiger partial charge in [0.15, 0.2) is 0 Å². The van der Waals surface area contributed by atoms with Crippen molar-refractivity contribution in [2.75, 3.05) is 46.5 Å². The lowest BCUT2D eigenvalue weighted by Crippen LogP contribution is -2.43.